The van der Waals surface area contributed by atoms with Gasteiger partial charge in [0.05, 0.1) is 13.2 Å². The van der Waals surface area contributed by atoms with Crippen LogP contribution in [0.15, 0.2) is 42.5 Å². The number of benzene rings is 2. The molecule has 3 atom stereocenters. The zero-order chi connectivity index (χ0) is 27.1. The van der Waals surface area contributed by atoms with Gasteiger partial charge >= 0.3 is 0 Å². The Bertz CT molecular complexity index is 1090. The largest absolute Gasteiger partial charge is 0.490 e. The second kappa shape index (κ2) is 13.1. The van der Waals surface area contributed by atoms with Gasteiger partial charge in [-0.1, -0.05) is 30.7 Å². The maximum atomic E-state index is 13.5. The number of fused-ring (bicyclic) bond motifs is 1. The Morgan fingerprint density at radius 3 is 2.42 bits per heavy atom. The van der Waals surface area contributed by atoms with Gasteiger partial charge in [-0.2, -0.15) is 0 Å². The molecule has 38 heavy (non-hydrogen) atoms. The van der Waals surface area contributed by atoms with E-state index in [1.54, 1.807) is 4.90 Å². The summed E-state index contributed by atoms with van der Waals surface area (Å²) in [7, 11) is 0. The van der Waals surface area contributed by atoms with Crippen molar-refractivity contribution in [2.75, 3.05) is 32.8 Å². The van der Waals surface area contributed by atoms with Crippen LogP contribution >= 0.6 is 0 Å². The molecular weight excluding hydrogens is 478 g/mol. The average Bonchev–Trinajstić information content (AvgIpc) is 3.19. The molecule has 206 valence electrons. The third kappa shape index (κ3) is 6.32. The summed E-state index contributed by atoms with van der Waals surface area (Å²) in [5.41, 5.74) is 2.44. The summed E-state index contributed by atoms with van der Waals surface area (Å²) in [5.74, 6) is 1.22. The molecule has 0 unspecified atom stereocenters. The van der Waals surface area contributed by atoms with Gasteiger partial charge in [-0.25, -0.2) is 0 Å². The highest BCUT2D eigenvalue weighted by Crippen LogP contribution is 2.35. The molecule has 1 fully saturated rings. The Balaban J connectivity index is 1.41. The van der Waals surface area contributed by atoms with Crippen molar-refractivity contribution >= 4 is 11.8 Å². The van der Waals surface area contributed by atoms with E-state index >= 15 is 0 Å². The van der Waals surface area contributed by atoms with E-state index in [0.29, 0.717) is 61.9 Å². The molecule has 0 bridgehead atoms. The predicted octanol–water partition coefficient (Wildman–Crippen LogP) is 4.99. The molecule has 1 saturated heterocycles. The second-order valence-corrected chi connectivity index (χ2v) is 10.4. The average molecular weight is 522 g/mol. The van der Waals surface area contributed by atoms with E-state index in [-0.39, 0.29) is 11.8 Å². The van der Waals surface area contributed by atoms with Crippen molar-refractivity contribution in [3.63, 3.8) is 0 Å². The van der Waals surface area contributed by atoms with Gasteiger partial charge < -0.3 is 19.7 Å². The minimum Gasteiger partial charge on any atom is -0.490 e. The molecule has 2 heterocycles. The van der Waals surface area contributed by atoms with Gasteiger partial charge in [0.1, 0.15) is 6.04 Å². The molecule has 2 aromatic carbocycles. The van der Waals surface area contributed by atoms with Crippen molar-refractivity contribution in [3.8, 4) is 11.5 Å². The smallest absolute Gasteiger partial charge is 0.255 e. The number of hydrogen-bond acceptors (Lipinski definition) is 5. The summed E-state index contributed by atoms with van der Waals surface area (Å²) in [6.07, 6.45) is 5.29. The SMILES string of the molecule is CCOc1ccc(CCN2C(=O)c3ccccc3[C@@H]2C(=O)NCCCN2[C@@H](C)CCC[C@@H]2C)cc1OCC. The molecule has 0 saturated carbocycles. The monoisotopic (exact) mass is 521 g/mol. The van der Waals surface area contributed by atoms with E-state index in [0.717, 1.165) is 24.1 Å². The summed E-state index contributed by atoms with van der Waals surface area (Å²) in [5, 5.41) is 3.13. The Morgan fingerprint density at radius 1 is 0.974 bits per heavy atom. The molecule has 0 spiro atoms. The zero-order valence-electron chi connectivity index (χ0n) is 23.4. The molecular formula is C31H43N3O4. The van der Waals surface area contributed by atoms with Gasteiger partial charge in [-0.15, -0.1) is 0 Å². The number of carbonyl (C=O) groups excluding carboxylic acids is 2. The molecule has 1 N–H and O–H groups in total. The summed E-state index contributed by atoms with van der Waals surface area (Å²) in [6.45, 7) is 11.6. The Hall–Kier alpha value is -3.06. The van der Waals surface area contributed by atoms with E-state index < -0.39 is 6.04 Å². The number of amides is 2. The van der Waals surface area contributed by atoms with Crippen LogP contribution in [0.4, 0.5) is 0 Å². The van der Waals surface area contributed by atoms with Crippen LogP contribution in [-0.2, 0) is 11.2 Å². The molecule has 0 radical (unpaired) electrons. The lowest BCUT2D eigenvalue weighted by molar-refractivity contribution is -0.125. The van der Waals surface area contributed by atoms with E-state index in [9.17, 15) is 9.59 Å². The number of carbonyl (C=O) groups is 2. The highest BCUT2D eigenvalue weighted by Gasteiger charge is 2.40. The quantitative estimate of drug-likeness (QED) is 0.399. The van der Waals surface area contributed by atoms with Crippen molar-refractivity contribution < 1.29 is 19.1 Å². The lowest BCUT2D eigenvalue weighted by atomic mass is 9.97. The van der Waals surface area contributed by atoms with Gasteiger partial charge in [-0.3, -0.25) is 14.5 Å². The van der Waals surface area contributed by atoms with E-state index in [2.05, 4.69) is 24.1 Å². The molecule has 0 aliphatic carbocycles. The zero-order valence-corrected chi connectivity index (χ0v) is 23.4. The number of likely N-dealkylation sites (tertiary alicyclic amines) is 1. The van der Waals surface area contributed by atoms with Crippen LogP contribution in [0.1, 0.15) is 80.9 Å². The fourth-order valence-corrected chi connectivity index (χ4v) is 5.87. The van der Waals surface area contributed by atoms with E-state index in [1.165, 1.54) is 19.3 Å². The first-order valence-electron chi connectivity index (χ1n) is 14.3. The van der Waals surface area contributed by atoms with Crippen molar-refractivity contribution in [3.05, 3.63) is 59.2 Å². The number of piperidine rings is 1. The summed E-state index contributed by atoms with van der Waals surface area (Å²) >= 11 is 0. The van der Waals surface area contributed by atoms with Crippen LogP contribution in [0.5, 0.6) is 11.5 Å². The molecule has 2 aliphatic rings. The Kier molecular flexibility index (Phi) is 9.67. The van der Waals surface area contributed by atoms with Crippen molar-refractivity contribution in [2.24, 2.45) is 0 Å². The number of nitrogens with zero attached hydrogens (tertiary/aromatic N) is 2. The van der Waals surface area contributed by atoms with Crippen LogP contribution in [0.25, 0.3) is 0 Å². The number of ether oxygens (including phenoxy) is 2. The van der Waals surface area contributed by atoms with Crippen LogP contribution in [0.3, 0.4) is 0 Å². The lowest BCUT2D eigenvalue weighted by Gasteiger charge is -2.39. The molecule has 2 amide bonds. The van der Waals surface area contributed by atoms with Crippen LogP contribution in [-0.4, -0.2) is 66.5 Å². The van der Waals surface area contributed by atoms with Crippen molar-refractivity contribution in [1.82, 2.24) is 15.1 Å². The lowest BCUT2D eigenvalue weighted by Crippen LogP contribution is -2.45. The van der Waals surface area contributed by atoms with E-state index in [1.807, 2.05) is 56.3 Å². The number of nitrogens with one attached hydrogen (secondary N) is 1. The molecule has 7 nitrogen and oxygen atoms in total. The third-order valence-electron chi connectivity index (χ3n) is 7.82. The maximum Gasteiger partial charge on any atom is 0.255 e. The van der Waals surface area contributed by atoms with Crippen LogP contribution < -0.4 is 14.8 Å². The minimum atomic E-state index is -0.611. The van der Waals surface area contributed by atoms with Gasteiger partial charge in [-0.05, 0) is 82.7 Å². The van der Waals surface area contributed by atoms with Gasteiger partial charge in [0.2, 0.25) is 5.91 Å². The standard InChI is InChI=1S/C31H43N3O4/c1-5-37-27-16-15-24(21-28(27)38-6-2)17-20-34-29(25-13-7-8-14-26(25)31(34)36)30(35)32-18-10-19-33-22(3)11-9-12-23(33)4/h7-8,13-16,21-23,29H,5-6,9-12,17-20H2,1-4H3,(H,32,35)/t22-,23-,29+/m0/s1. The first-order chi connectivity index (χ1) is 18.4. The van der Waals surface area contributed by atoms with E-state index in [4.69, 9.17) is 9.47 Å². The minimum absolute atomic E-state index is 0.0901. The normalized spacial score (nSPS) is 21.3. The summed E-state index contributed by atoms with van der Waals surface area (Å²) in [4.78, 5) is 31.1. The van der Waals surface area contributed by atoms with Crippen LogP contribution in [0, 0.1) is 0 Å². The molecule has 0 aromatic heterocycles. The highest BCUT2D eigenvalue weighted by molar-refractivity contribution is 6.04. The van der Waals surface area contributed by atoms with Gasteiger partial charge in [0.25, 0.3) is 5.91 Å². The first-order valence-corrected chi connectivity index (χ1v) is 14.3. The van der Waals surface area contributed by atoms with Crippen LogP contribution in [0.2, 0.25) is 0 Å². The molecule has 2 aromatic rings. The maximum absolute atomic E-state index is 13.5. The fourth-order valence-electron chi connectivity index (χ4n) is 5.87. The summed E-state index contributed by atoms with van der Waals surface area (Å²) in [6, 6.07) is 13.9. The number of rotatable bonds is 12. The van der Waals surface area contributed by atoms with Gasteiger partial charge in [0.15, 0.2) is 11.5 Å². The second-order valence-electron chi connectivity index (χ2n) is 10.4. The van der Waals surface area contributed by atoms with Gasteiger partial charge in [0, 0.05) is 37.3 Å². The van der Waals surface area contributed by atoms with Crippen molar-refractivity contribution in [1.29, 1.82) is 0 Å². The highest BCUT2D eigenvalue weighted by atomic mass is 16.5. The first kappa shape index (κ1) is 28.0. The third-order valence-corrected chi connectivity index (χ3v) is 7.82. The van der Waals surface area contributed by atoms with Crippen molar-refractivity contribution in [2.45, 2.75) is 77.9 Å². The Labute approximate surface area is 227 Å². The fraction of sp³-hybridized carbons (Fsp3) is 0.548. The molecule has 4 rings (SSSR count). The molecule has 2 aliphatic heterocycles. The predicted molar refractivity (Wildman–Crippen MR) is 150 cm³/mol. The Morgan fingerprint density at radius 2 is 1.68 bits per heavy atom. The summed E-state index contributed by atoms with van der Waals surface area (Å²) < 4.78 is 11.5. The number of hydrogen-bond donors (Lipinski definition) is 1. The topological polar surface area (TPSA) is 71.1 Å². The molecule has 7 heteroatoms.